The number of aliphatic hydroxyl groups excluding tert-OH is 1. The maximum absolute atomic E-state index is 12.1. The normalized spacial score (nSPS) is 25.6. The first kappa shape index (κ1) is 13.8. The van der Waals surface area contributed by atoms with Crippen LogP contribution in [-0.2, 0) is 4.79 Å². The molecule has 0 aromatic carbocycles. The van der Waals surface area contributed by atoms with E-state index in [1.165, 1.54) is 6.42 Å². The summed E-state index contributed by atoms with van der Waals surface area (Å²) in [5.74, 6) is 1.01. The topological polar surface area (TPSA) is 55.8 Å². The second-order valence-electron chi connectivity index (χ2n) is 5.34. The zero-order valence-corrected chi connectivity index (χ0v) is 11.1. The maximum Gasteiger partial charge on any atom is 0.222 e. The Labute approximate surface area is 109 Å². The first-order chi connectivity index (χ1) is 8.79. The van der Waals surface area contributed by atoms with Crippen LogP contribution in [0, 0.1) is 5.92 Å². The lowest BCUT2D eigenvalue weighted by Crippen LogP contribution is -2.49. The van der Waals surface area contributed by atoms with E-state index in [4.69, 9.17) is 5.11 Å². The highest BCUT2D eigenvalue weighted by atomic mass is 16.3. The third-order valence-corrected chi connectivity index (χ3v) is 4.07. The molecular weight excluding hydrogens is 230 g/mol. The van der Waals surface area contributed by atoms with Crippen molar-refractivity contribution in [1.29, 1.82) is 0 Å². The molecule has 1 atom stereocenters. The molecular formula is C13H25N3O2. The molecule has 0 aliphatic carbocycles. The predicted octanol–water partition coefficient (Wildman–Crippen LogP) is -0.487. The molecule has 0 spiro atoms. The number of nitrogens with zero attached hydrogens (tertiary/aromatic N) is 2. The Morgan fingerprint density at radius 2 is 2.06 bits per heavy atom. The quantitative estimate of drug-likeness (QED) is 0.696. The molecule has 0 radical (unpaired) electrons. The van der Waals surface area contributed by atoms with Crippen molar-refractivity contribution in [2.45, 2.75) is 19.3 Å². The summed E-state index contributed by atoms with van der Waals surface area (Å²) >= 11 is 0. The van der Waals surface area contributed by atoms with Gasteiger partial charge in [-0.1, -0.05) is 0 Å². The average Bonchev–Trinajstić information content (AvgIpc) is 2.90. The Morgan fingerprint density at radius 3 is 2.67 bits per heavy atom. The van der Waals surface area contributed by atoms with Crippen molar-refractivity contribution in [2.24, 2.45) is 5.92 Å². The molecule has 2 rings (SSSR count). The summed E-state index contributed by atoms with van der Waals surface area (Å²) in [7, 11) is 0. The highest BCUT2D eigenvalue weighted by molar-refractivity contribution is 5.76. The predicted molar refractivity (Wildman–Crippen MR) is 70.3 cm³/mol. The Balaban J connectivity index is 1.64. The molecule has 2 aliphatic rings. The van der Waals surface area contributed by atoms with E-state index in [1.54, 1.807) is 0 Å². The number of piperazine rings is 1. The molecule has 2 N–H and O–H groups in total. The van der Waals surface area contributed by atoms with Crippen molar-refractivity contribution < 1.29 is 9.90 Å². The molecule has 2 saturated heterocycles. The summed E-state index contributed by atoms with van der Waals surface area (Å²) in [6.45, 7) is 6.58. The minimum atomic E-state index is 0.211. The molecule has 104 valence electrons. The standard InChI is InChI=1S/C13H25N3O2/c17-10-9-15-5-7-16(8-6-15)13(18)2-1-12-3-4-14-11-12/h12,14,17H,1-11H2. The molecule has 1 unspecified atom stereocenters. The van der Waals surface area contributed by atoms with Crippen molar-refractivity contribution in [3.8, 4) is 0 Å². The number of hydrogen-bond donors (Lipinski definition) is 2. The largest absolute Gasteiger partial charge is 0.395 e. The number of carbonyl (C=O) groups excluding carboxylic acids is 1. The van der Waals surface area contributed by atoms with Gasteiger partial charge in [0.15, 0.2) is 0 Å². The fourth-order valence-electron chi connectivity index (χ4n) is 2.81. The van der Waals surface area contributed by atoms with E-state index in [1.807, 2.05) is 4.90 Å². The van der Waals surface area contributed by atoms with Crippen LogP contribution < -0.4 is 5.32 Å². The van der Waals surface area contributed by atoms with Crippen LogP contribution in [-0.4, -0.2) is 73.2 Å². The third kappa shape index (κ3) is 3.93. The van der Waals surface area contributed by atoms with Crippen molar-refractivity contribution >= 4 is 5.91 Å². The number of carbonyl (C=O) groups is 1. The van der Waals surface area contributed by atoms with Gasteiger partial charge in [0.1, 0.15) is 0 Å². The molecule has 2 aliphatic heterocycles. The van der Waals surface area contributed by atoms with Gasteiger partial charge in [-0.3, -0.25) is 9.69 Å². The van der Waals surface area contributed by atoms with Crippen molar-refractivity contribution in [1.82, 2.24) is 15.1 Å². The third-order valence-electron chi connectivity index (χ3n) is 4.07. The summed E-state index contributed by atoms with van der Waals surface area (Å²) in [6.07, 6.45) is 2.95. The van der Waals surface area contributed by atoms with Crippen molar-refractivity contribution in [3.05, 3.63) is 0 Å². The molecule has 2 fully saturated rings. The summed E-state index contributed by atoms with van der Waals surface area (Å²) in [5, 5.41) is 12.2. The monoisotopic (exact) mass is 255 g/mol. The van der Waals surface area contributed by atoms with Gasteiger partial charge in [-0.2, -0.15) is 0 Å². The van der Waals surface area contributed by atoms with E-state index in [-0.39, 0.29) is 6.61 Å². The molecule has 0 aromatic rings. The highest BCUT2D eigenvalue weighted by Crippen LogP contribution is 2.15. The van der Waals surface area contributed by atoms with E-state index in [0.717, 1.165) is 52.2 Å². The number of nitrogens with one attached hydrogen (secondary N) is 1. The van der Waals surface area contributed by atoms with Crippen LogP contribution in [0.5, 0.6) is 0 Å². The molecule has 5 nitrogen and oxygen atoms in total. The van der Waals surface area contributed by atoms with Gasteiger partial charge < -0.3 is 15.3 Å². The van der Waals surface area contributed by atoms with E-state index in [9.17, 15) is 4.79 Å². The molecule has 18 heavy (non-hydrogen) atoms. The van der Waals surface area contributed by atoms with Gasteiger partial charge in [0.2, 0.25) is 5.91 Å². The number of β-amino-alcohol motifs (C(OH)–C–C–N with tert-alkyl or cyclic N) is 1. The van der Waals surface area contributed by atoms with E-state index in [2.05, 4.69) is 10.2 Å². The Morgan fingerprint density at radius 1 is 1.28 bits per heavy atom. The summed E-state index contributed by atoms with van der Waals surface area (Å²) in [5.41, 5.74) is 0. The Kier molecular flexibility index (Phi) is 5.41. The average molecular weight is 255 g/mol. The van der Waals surface area contributed by atoms with Gasteiger partial charge in [-0.05, 0) is 31.8 Å². The van der Waals surface area contributed by atoms with Crippen LogP contribution in [0.25, 0.3) is 0 Å². The number of amides is 1. The van der Waals surface area contributed by atoms with Crippen LogP contribution in [0.1, 0.15) is 19.3 Å². The van der Waals surface area contributed by atoms with Crippen LogP contribution in [0.15, 0.2) is 0 Å². The van der Waals surface area contributed by atoms with E-state index >= 15 is 0 Å². The SMILES string of the molecule is O=C(CCC1CCNC1)N1CCN(CCO)CC1. The van der Waals surface area contributed by atoms with Gasteiger partial charge in [0, 0.05) is 39.1 Å². The molecule has 2 heterocycles. The fraction of sp³-hybridized carbons (Fsp3) is 0.923. The van der Waals surface area contributed by atoms with Gasteiger partial charge in [-0.15, -0.1) is 0 Å². The Bertz CT molecular complexity index is 259. The van der Waals surface area contributed by atoms with Gasteiger partial charge in [0.25, 0.3) is 0 Å². The molecule has 0 aromatic heterocycles. The van der Waals surface area contributed by atoms with Crippen LogP contribution in [0.2, 0.25) is 0 Å². The second kappa shape index (κ2) is 7.07. The van der Waals surface area contributed by atoms with E-state index < -0.39 is 0 Å². The van der Waals surface area contributed by atoms with Crippen LogP contribution in [0.3, 0.4) is 0 Å². The first-order valence-electron chi connectivity index (χ1n) is 7.11. The second-order valence-corrected chi connectivity index (χ2v) is 5.34. The van der Waals surface area contributed by atoms with Gasteiger partial charge in [0.05, 0.1) is 6.61 Å². The fourth-order valence-corrected chi connectivity index (χ4v) is 2.81. The number of rotatable bonds is 5. The van der Waals surface area contributed by atoms with Crippen LogP contribution in [0.4, 0.5) is 0 Å². The first-order valence-corrected chi connectivity index (χ1v) is 7.11. The van der Waals surface area contributed by atoms with E-state index in [0.29, 0.717) is 18.2 Å². The molecule has 0 saturated carbocycles. The lowest BCUT2D eigenvalue weighted by atomic mass is 10.0. The zero-order valence-electron chi connectivity index (χ0n) is 11.1. The van der Waals surface area contributed by atoms with Crippen molar-refractivity contribution in [2.75, 3.05) is 52.4 Å². The molecule has 0 bridgehead atoms. The van der Waals surface area contributed by atoms with Crippen LogP contribution >= 0.6 is 0 Å². The highest BCUT2D eigenvalue weighted by Gasteiger charge is 2.22. The van der Waals surface area contributed by atoms with Gasteiger partial charge >= 0.3 is 0 Å². The lowest BCUT2D eigenvalue weighted by molar-refractivity contribution is -0.133. The maximum atomic E-state index is 12.1. The summed E-state index contributed by atoms with van der Waals surface area (Å²) in [6, 6.07) is 0. The number of hydrogen-bond acceptors (Lipinski definition) is 4. The molecule has 1 amide bonds. The minimum absolute atomic E-state index is 0.211. The lowest BCUT2D eigenvalue weighted by Gasteiger charge is -2.34. The summed E-state index contributed by atoms with van der Waals surface area (Å²) in [4.78, 5) is 16.3. The zero-order chi connectivity index (χ0) is 12.8. The molecule has 5 heteroatoms. The summed E-state index contributed by atoms with van der Waals surface area (Å²) < 4.78 is 0. The smallest absolute Gasteiger partial charge is 0.222 e. The number of aliphatic hydroxyl groups is 1. The Hall–Kier alpha value is -0.650. The van der Waals surface area contributed by atoms with Crippen molar-refractivity contribution in [3.63, 3.8) is 0 Å². The van der Waals surface area contributed by atoms with Gasteiger partial charge in [-0.25, -0.2) is 0 Å². The minimum Gasteiger partial charge on any atom is -0.395 e.